The third kappa shape index (κ3) is 5.09. The van der Waals surface area contributed by atoms with Gasteiger partial charge in [-0.1, -0.05) is 24.3 Å². The van der Waals surface area contributed by atoms with E-state index in [2.05, 4.69) is 15.2 Å². The van der Waals surface area contributed by atoms with Gasteiger partial charge in [-0.15, -0.1) is 0 Å². The minimum atomic E-state index is -3.70. The van der Waals surface area contributed by atoms with E-state index in [1.165, 1.54) is 12.1 Å². The van der Waals surface area contributed by atoms with Gasteiger partial charge < -0.3 is 10.3 Å². The second kappa shape index (κ2) is 9.27. The van der Waals surface area contributed by atoms with Gasteiger partial charge in [0, 0.05) is 25.7 Å². The summed E-state index contributed by atoms with van der Waals surface area (Å²) in [5, 5.41) is 8.01. The monoisotopic (exact) mass is 457 g/mol. The van der Waals surface area contributed by atoms with Crippen molar-refractivity contribution in [1.82, 2.24) is 19.8 Å². The van der Waals surface area contributed by atoms with Crippen LogP contribution >= 0.6 is 0 Å². The first-order chi connectivity index (χ1) is 15.3. The first-order valence-corrected chi connectivity index (χ1v) is 12.2. The molecule has 32 heavy (non-hydrogen) atoms. The molecule has 0 bridgehead atoms. The van der Waals surface area contributed by atoms with Crippen molar-refractivity contribution in [2.24, 2.45) is 5.14 Å². The molecule has 1 saturated heterocycles. The largest absolute Gasteiger partial charge is 0.355 e. The van der Waals surface area contributed by atoms with E-state index in [0.717, 1.165) is 42.5 Å². The van der Waals surface area contributed by atoms with E-state index in [1.54, 1.807) is 12.1 Å². The molecule has 170 valence electrons. The lowest BCUT2D eigenvalue weighted by atomic mass is 10.0. The summed E-state index contributed by atoms with van der Waals surface area (Å²) in [6.07, 6.45) is 2.22. The van der Waals surface area contributed by atoms with Crippen molar-refractivity contribution in [3.05, 3.63) is 64.6 Å². The highest BCUT2D eigenvalue weighted by molar-refractivity contribution is 7.89. The van der Waals surface area contributed by atoms with Gasteiger partial charge in [-0.25, -0.2) is 18.4 Å². The van der Waals surface area contributed by atoms with E-state index < -0.39 is 10.0 Å². The number of carbonyl (C=O) groups is 1. The van der Waals surface area contributed by atoms with E-state index in [1.807, 2.05) is 28.8 Å². The summed E-state index contributed by atoms with van der Waals surface area (Å²) >= 11 is 0. The Kier molecular flexibility index (Phi) is 6.45. The lowest BCUT2D eigenvalue weighted by Crippen LogP contribution is -2.43. The number of nitrogens with zero attached hydrogens (tertiary/aromatic N) is 2. The number of primary sulfonamides is 1. The van der Waals surface area contributed by atoms with E-state index >= 15 is 0 Å². The van der Waals surface area contributed by atoms with E-state index in [9.17, 15) is 18.0 Å². The number of benzene rings is 2. The highest BCUT2D eigenvalue weighted by Gasteiger charge is 2.24. The molecule has 0 aliphatic carbocycles. The summed E-state index contributed by atoms with van der Waals surface area (Å²) in [4.78, 5) is 29.8. The number of rotatable bonds is 7. The van der Waals surface area contributed by atoms with Crippen LogP contribution in [-0.4, -0.2) is 55.0 Å². The van der Waals surface area contributed by atoms with Crippen LogP contribution in [-0.2, 0) is 21.2 Å². The van der Waals surface area contributed by atoms with Crippen LogP contribution in [0.3, 0.4) is 0 Å². The number of piperidine rings is 1. The molecule has 1 fully saturated rings. The summed E-state index contributed by atoms with van der Waals surface area (Å²) in [6, 6.07) is 14.1. The number of amides is 1. The standard InChI is InChI=1S/C22H27N5O4S/c23-32(30,31)18-7-5-16(6-8-18)9-12-24-21(28)15-26-13-10-17(11-14-26)27-20-4-2-1-3-19(20)25-22(27)29/h1-8,17H,9-15H2,(H,24,28)(H,25,29)(H2,23,30,31). The molecule has 2 heterocycles. The van der Waals surface area contributed by atoms with Crippen LogP contribution in [0.4, 0.5) is 0 Å². The summed E-state index contributed by atoms with van der Waals surface area (Å²) in [6.45, 7) is 2.28. The highest BCUT2D eigenvalue weighted by Crippen LogP contribution is 2.24. The molecule has 1 aromatic heterocycles. The molecule has 1 aliphatic heterocycles. The first-order valence-electron chi connectivity index (χ1n) is 10.6. The van der Waals surface area contributed by atoms with Crippen LogP contribution in [0.15, 0.2) is 58.2 Å². The Morgan fingerprint density at radius 1 is 1.09 bits per heavy atom. The fraction of sp³-hybridized carbons (Fsp3) is 0.364. The second-order valence-corrected chi connectivity index (χ2v) is 9.67. The van der Waals surface area contributed by atoms with Crippen molar-refractivity contribution in [2.45, 2.75) is 30.2 Å². The molecular weight excluding hydrogens is 430 g/mol. The molecule has 4 rings (SSSR count). The van der Waals surface area contributed by atoms with Crippen molar-refractivity contribution in [3.8, 4) is 0 Å². The third-order valence-corrected chi connectivity index (χ3v) is 6.83. The number of likely N-dealkylation sites (tertiary alicyclic amines) is 1. The van der Waals surface area contributed by atoms with Crippen molar-refractivity contribution in [3.63, 3.8) is 0 Å². The molecule has 4 N–H and O–H groups in total. The summed E-state index contributed by atoms with van der Waals surface area (Å²) < 4.78 is 24.4. The van der Waals surface area contributed by atoms with E-state index in [-0.39, 0.29) is 22.5 Å². The predicted octanol–water partition coefficient (Wildman–Crippen LogP) is 0.973. The van der Waals surface area contributed by atoms with Gasteiger partial charge >= 0.3 is 5.69 Å². The fourth-order valence-corrected chi connectivity index (χ4v) is 4.74. The molecule has 3 aromatic rings. The number of H-pyrrole nitrogens is 1. The van der Waals surface area contributed by atoms with Crippen LogP contribution < -0.4 is 16.1 Å². The normalized spacial score (nSPS) is 15.8. The molecular formula is C22H27N5O4S. The third-order valence-electron chi connectivity index (χ3n) is 5.90. The average molecular weight is 458 g/mol. The maximum Gasteiger partial charge on any atom is 0.326 e. The van der Waals surface area contributed by atoms with Gasteiger partial charge in [0.25, 0.3) is 0 Å². The van der Waals surface area contributed by atoms with Gasteiger partial charge in [0.2, 0.25) is 15.9 Å². The number of carbonyl (C=O) groups excluding carboxylic acids is 1. The maximum absolute atomic E-state index is 12.4. The van der Waals surface area contributed by atoms with Gasteiger partial charge in [-0.3, -0.25) is 14.3 Å². The number of aromatic nitrogens is 2. The number of nitrogens with two attached hydrogens (primary N) is 1. The predicted molar refractivity (Wildman–Crippen MR) is 122 cm³/mol. The number of nitrogens with one attached hydrogen (secondary N) is 2. The number of imidazole rings is 1. The molecule has 2 aromatic carbocycles. The highest BCUT2D eigenvalue weighted by atomic mass is 32.2. The maximum atomic E-state index is 12.4. The zero-order valence-corrected chi connectivity index (χ0v) is 18.5. The van der Waals surface area contributed by atoms with Gasteiger partial charge in [-0.05, 0) is 49.1 Å². The van der Waals surface area contributed by atoms with Crippen LogP contribution in [0.25, 0.3) is 11.0 Å². The van der Waals surface area contributed by atoms with Crippen LogP contribution in [0.2, 0.25) is 0 Å². The van der Waals surface area contributed by atoms with Crippen molar-refractivity contribution < 1.29 is 13.2 Å². The van der Waals surface area contributed by atoms with Crippen molar-refractivity contribution in [1.29, 1.82) is 0 Å². The van der Waals surface area contributed by atoms with Crippen LogP contribution in [0.1, 0.15) is 24.4 Å². The first kappa shape index (κ1) is 22.3. The molecule has 1 amide bonds. The van der Waals surface area contributed by atoms with Gasteiger partial charge in [0.1, 0.15) is 0 Å². The number of sulfonamides is 1. The number of hydrogen-bond donors (Lipinski definition) is 3. The molecule has 0 saturated carbocycles. The fourth-order valence-electron chi connectivity index (χ4n) is 4.22. The summed E-state index contributed by atoms with van der Waals surface area (Å²) in [5.41, 5.74) is 2.60. The number of para-hydroxylation sites is 2. The molecule has 0 unspecified atom stereocenters. The van der Waals surface area contributed by atoms with Gasteiger partial charge in [0.15, 0.2) is 0 Å². The van der Waals surface area contributed by atoms with Gasteiger partial charge in [0.05, 0.1) is 22.5 Å². The number of aromatic amines is 1. The molecule has 9 nitrogen and oxygen atoms in total. The number of hydrogen-bond acceptors (Lipinski definition) is 5. The van der Waals surface area contributed by atoms with Crippen LogP contribution in [0.5, 0.6) is 0 Å². The molecule has 0 atom stereocenters. The van der Waals surface area contributed by atoms with Crippen molar-refractivity contribution in [2.75, 3.05) is 26.2 Å². The topological polar surface area (TPSA) is 130 Å². The summed E-state index contributed by atoms with van der Waals surface area (Å²) in [5.74, 6) is -0.0473. The average Bonchev–Trinajstić information content (AvgIpc) is 3.10. The Morgan fingerprint density at radius 2 is 1.78 bits per heavy atom. The van der Waals surface area contributed by atoms with E-state index in [4.69, 9.17) is 5.14 Å². The molecule has 0 radical (unpaired) electrons. The Labute approximate surface area is 186 Å². The second-order valence-electron chi connectivity index (χ2n) is 8.11. The smallest absolute Gasteiger partial charge is 0.326 e. The van der Waals surface area contributed by atoms with Gasteiger partial charge in [-0.2, -0.15) is 0 Å². The number of fused-ring (bicyclic) bond motifs is 1. The minimum absolute atomic E-state index is 0.0473. The zero-order valence-electron chi connectivity index (χ0n) is 17.7. The minimum Gasteiger partial charge on any atom is -0.355 e. The Bertz CT molecular complexity index is 1260. The van der Waals surface area contributed by atoms with Crippen LogP contribution in [0, 0.1) is 0 Å². The SMILES string of the molecule is NS(=O)(=O)c1ccc(CCNC(=O)CN2CCC(n3c(=O)[nH]c4ccccc43)CC2)cc1. The Hall–Kier alpha value is -2.95. The lowest BCUT2D eigenvalue weighted by Gasteiger charge is -2.32. The molecule has 0 spiro atoms. The zero-order chi connectivity index (χ0) is 22.7. The van der Waals surface area contributed by atoms with Crippen molar-refractivity contribution >= 4 is 27.0 Å². The Balaban J connectivity index is 1.23. The molecule has 10 heteroatoms. The summed E-state index contributed by atoms with van der Waals surface area (Å²) in [7, 11) is -3.70. The quantitative estimate of drug-likeness (QED) is 0.487. The van der Waals surface area contributed by atoms with E-state index in [0.29, 0.717) is 19.5 Å². The molecule has 1 aliphatic rings. The Morgan fingerprint density at radius 3 is 2.47 bits per heavy atom. The lowest BCUT2D eigenvalue weighted by molar-refractivity contribution is -0.122.